The van der Waals surface area contributed by atoms with Gasteiger partial charge in [0.1, 0.15) is 0 Å². The molecule has 134 valence electrons. The van der Waals surface area contributed by atoms with E-state index in [4.69, 9.17) is 4.74 Å². The van der Waals surface area contributed by atoms with Crippen LogP contribution in [-0.2, 0) is 14.3 Å². The van der Waals surface area contributed by atoms with Crippen molar-refractivity contribution < 1.29 is 19.4 Å². The molecule has 24 heavy (non-hydrogen) atoms. The van der Waals surface area contributed by atoms with Crippen molar-refractivity contribution in [2.45, 2.75) is 88.2 Å². The van der Waals surface area contributed by atoms with Crippen molar-refractivity contribution in [3.63, 3.8) is 0 Å². The molecule has 1 saturated heterocycles. The molecule has 5 aliphatic rings. The minimum Gasteiger partial charge on any atom is -0.481 e. The Kier molecular flexibility index (Phi) is 3.90. The molecule has 1 heterocycles. The molecule has 1 amide bonds. The molecule has 0 radical (unpaired) electrons. The van der Waals surface area contributed by atoms with E-state index in [2.05, 4.69) is 5.32 Å². The van der Waals surface area contributed by atoms with Gasteiger partial charge in [0.2, 0.25) is 5.91 Å². The second-order valence-corrected chi connectivity index (χ2v) is 8.78. The van der Waals surface area contributed by atoms with Crippen molar-refractivity contribution in [2.75, 3.05) is 6.61 Å². The summed E-state index contributed by atoms with van der Waals surface area (Å²) in [5.41, 5.74) is -0.690. The highest BCUT2D eigenvalue weighted by Crippen LogP contribution is 2.52. The lowest BCUT2D eigenvalue weighted by molar-refractivity contribution is -0.158. The Bertz CT molecular complexity index is 513. The van der Waals surface area contributed by atoms with Crippen LogP contribution in [0.3, 0.4) is 0 Å². The molecule has 5 fully saturated rings. The summed E-state index contributed by atoms with van der Waals surface area (Å²) in [6.07, 6.45) is 10.9. The van der Waals surface area contributed by atoms with Crippen LogP contribution in [0, 0.1) is 11.3 Å². The second kappa shape index (κ2) is 5.72. The number of ether oxygens (including phenoxy) is 1. The van der Waals surface area contributed by atoms with Crippen LogP contribution in [0.15, 0.2) is 0 Å². The van der Waals surface area contributed by atoms with Gasteiger partial charge in [0.15, 0.2) is 0 Å². The molecule has 1 unspecified atom stereocenters. The zero-order valence-corrected chi connectivity index (χ0v) is 14.4. The highest BCUT2D eigenvalue weighted by molar-refractivity contribution is 5.80. The molecular formula is C19H29NO4. The average molecular weight is 335 g/mol. The average Bonchev–Trinajstić information content (AvgIpc) is 3.04. The van der Waals surface area contributed by atoms with Gasteiger partial charge in [-0.1, -0.05) is 12.8 Å². The highest BCUT2D eigenvalue weighted by atomic mass is 16.5. The number of amides is 1. The van der Waals surface area contributed by atoms with Crippen LogP contribution in [0.25, 0.3) is 0 Å². The molecule has 1 spiro atoms. The fraction of sp³-hybridized carbons (Fsp3) is 0.895. The number of aliphatic carboxylic acids is 1. The molecular weight excluding hydrogens is 306 g/mol. The van der Waals surface area contributed by atoms with E-state index < -0.39 is 11.4 Å². The third-order valence-corrected chi connectivity index (χ3v) is 7.47. The van der Waals surface area contributed by atoms with Crippen LogP contribution >= 0.6 is 0 Å². The molecule has 0 aromatic rings. The van der Waals surface area contributed by atoms with Gasteiger partial charge in [-0.2, -0.15) is 0 Å². The first-order valence-corrected chi connectivity index (χ1v) is 9.66. The van der Waals surface area contributed by atoms with Gasteiger partial charge >= 0.3 is 5.97 Å². The van der Waals surface area contributed by atoms with Gasteiger partial charge in [-0.05, 0) is 64.2 Å². The van der Waals surface area contributed by atoms with Crippen LogP contribution in [-0.4, -0.2) is 34.7 Å². The first-order chi connectivity index (χ1) is 11.5. The lowest BCUT2D eigenvalue weighted by Crippen LogP contribution is -2.59. The first kappa shape index (κ1) is 16.4. The minimum absolute atomic E-state index is 0.0322. The van der Waals surface area contributed by atoms with Crippen LogP contribution in [0.5, 0.6) is 0 Å². The Morgan fingerprint density at radius 1 is 0.958 bits per heavy atom. The molecule has 5 nitrogen and oxygen atoms in total. The van der Waals surface area contributed by atoms with Gasteiger partial charge in [-0.15, -0.1) is 0 Å². The molecule has 4 aliphatic carbocycles. The Morgan fingerprint density at radius 3 is 2.17 bits per heavy atom. The zero-order valence-electron chi connectivity index (χ0n) is 14.4. The van der Waals surface area contributed by atoms with Gasteiger partial charge in [-0.25, -0.2) is 0 Å². The number of rotatable bonds is 3. The first-order valence-electron chi connectivity index (χ1n) is 9.66. The largest absolute Gasteiger partial charge is 0.481 e. The Balaban J connectivity index is 1.39. The summed E-state index contributed by atoms with van der Waals surface area (Å²) < 4.78 is 6.05. The molecule has 2 N–H and O–H groups in total. The summed E-state index contributed by atoms with van der Waals surface area (Å²) >= 11 is 0. The lowest BCUT2D eigenvalue weighted by atomic mass is 9.57. The summed E-state index contributed by atoms with van der Waals surface area (Å²) in [6.45, 7) is 0.702. The van der Waals surface area contributed by atoms with E-state index in [9.17, 15) is 14.7 Å². The maximum atomic E-state index is 12.9. The normalized spacial score (nSPS) is 40.6. The van der Waals surface area contributed by atoms with Crippen molar-refractivity contribution in [1.82, 2.24) is 5.32 Å². The van der Waals surface area contributed by atoms with Crippen LogP contribution in [0.1, 0.15) is 77.0 Å². The van der Waals surface area contributed by atoms with E-state index in [0.717, 1.165) is 44.9 Å². The van der Waals surface area contributed by atoms with Gasteiger partial charge in [0.05, 0.1) is 11.0 Å². The van der Waals surface area contributed by atoms with Crippen molar-refractivity contribution >= 4 is 11.9 Å². The standard InChI is InChI=1S/C19H29NO4/c21-15(14-3-12-24-19(13-14)4-1-2-5-19)20-18-9-6-17(7-10-18,8-11-18)16(22)23/h14H,1-13H2,(H,20,21)(H,22,23). The topological polar surface area (TPSA) is 75.6 Å². The quantitative estimate of drug-likeness (QED) is 0.831. The second-order valence-electron chi connectivity index (χ2n) is 8.78. The zero-order chi connectivity index (χ0) is 16.8. The number of carboxylic acid groups (broad SMARTS) is 1. The molecule has 2 bridgehead atoms. The molecule has 5 rings (SSSR count). The van der Waals surface area contributed by atoms with Crippen molar-refractivity contribution in [3.8, 4) is 0 Å². The third-order valence-electron chi connectivity index (χ3n) is 7.47. The molecule has 0 aromatic heterocycles. The maximum absolute atomic E-state index is 12.9. The molecule has 4 saturated carbocycles. The third kappa shape index (κ3) is 2.65. The number of hydrogen-bond acceptors (Lipinski definition) is 3. The summed E-state index contributed by atoms with van der Waals surface area (Å²) in [6, 6.07) is 0. The van der Waals surface area contributed by atoms with Gasteiger partial charge in [-0.3, -0.25) is 9.59 Å². The summed E-state index contributed by atoms with van der Waals surface area (Å²) in [7, 11) is 0. The van der Waals surface area contributed by atoms with Crippen LogP contribution < -0.4 is 5.32 Å². The van der Waals surface area contributed by atoms with Gasteiger partial charge in [0, 0.05) is 18.1 Å². The van der Waals surface area contributed by atoms with E-state index in [1.807, 2.05) is 0 Å². The fourth-order valence-electron chi connectivity index (χ4n) is 5.68. The van der Waals surface area contributed by atoms with Gasteiger partial charge < -0.3 is 15.2 Å². The van der Waals surface area contributed by atoms with Gasteiger partial charge in [0.25, 0.3) is 0 Å². The van der Waals surface area contributed by atoms with E-state index in [1.165, 1.54) is 12.8 Å². The number of carbonyl (C=O) groups excluding carboxylic acids is 1. The number of carboxylic acids is 1. The SMILES string of the molecule is O=C(NC12CCC(C(=O)O)(CC1)CC2)C1CCOC2(CCCC2)C1. The summed E-state index contributed by atoms with van der Waals surface area (Å²) in [5, 5.41) is 12.9. The Hall–Kier alpha value is -1.10. The summed E-state index contributed by atoms with van der Waals surface area (Å²) in [5.74, 6) is -0.386. The van der Waals surface area contributed by atoms with Crippen molar-refractivity contribution in [3.05, 3.63) is 0 Å². The molecule has 5 heteroatoms. The monoisotopic (exact) mass is 335 g/mol. The number of hydrogen-bond donors (Lipinski definition) is 2. The summed E-state index contributed by atoms with van der Waals surface area (Å²) in [4.78, 5) is 24.5. The fourth-order valence-corrected chi connectivity index (χ4v) is 5.68. The Labute approximate surface area is 143 Å². The number of carbonyl (C=O) groups is 2. The predicted octanol–water partition coefficient (Wildman–Crippen LogP) is 3.02. The molecule has 1 atom stereocenters. The highest BCUT2D eigenvalue weighted by Gasteiger charge is 2.53. The van der Waals surface area contributed by atoms with Crippen LogP contribution in [0.2, 0.25) is 0 Å². The predicted molar refractivity (Wildman–Crippen MR) is 88.5 cm³/mol. The van der Waals surface area contributed by atoms with E-state index in [-0.39, 0.29) is 23.0 Å². The number of nitrogens with one attached hydrogen (secondary N) is 1. The van der Waals surface area contributed by atoms with E-state index >= 15 is 0 Å². The van der Waals surface area contributed by atoms with Crippen LogP contribution in [0.4, 0.5) is 0 Å². The Morgan fingerprint density at radius 2 is 1.58 bits per heavy atom. The number of fused-ring (bicyclic) bond motifs is 3. The van der Waals surface area contributed by atoms with Crippen molar-refractivity contribution in [1.29, 1.82) is 0 Å². The minimum atomic E-state index is -0.644. The maximum Gasteiger partial charge on any atom is 0.309 e. The molecule has 0 aromatic carbocycles. The lowest BCUT2D eigenvalue weighted by Gasteiger charge is -2.52. The van der Waals surface area contributed by atoms with E-state index in [1.54, 1.807) is 0 Å². The van der Waals surface area contributed by atoms with Crippen molar-refractivity contribution in [2.24, 2.45) is 11.3 Å². The molecule has 1 aliphatic heterocycles. The van der Waals surface area contributed by atoms with E-state index in [0.29, 0.717) is 25.9 Å². The smallest absolute Gasteiger partial charge is 0.309 e.